The van der Waals surface area contributed by atoms with Gasteiger partial charge < -0.3 is 10.1 Å². The van der Waals surface area contributed by atoms with Crippen molar-refractivity contribution in [2.75, 3.05) is 33.3 Å². The maximum atomic E-state index is 14.3. The Hall–Kier alpha value is -1.99. The van der Waals surface area contributed by atoms with Crippen molar-refractivity contribution in [2.24, 2.45) is 5.92 Å². The van der Waals surface area contributed by atoms with E-state index in [-0.39, 0.29) is 17.4 Å². The molecule has 1 aromatic heterocycles. The van der Waals surface area contributed by atoms with Crippen LogP contribution in [0.2, 0.25) is 0 Å². The molecular weight excluding hydrogens is 359 g/mol. The number of halogens is 1. The summed E-state index contributed by atoms with van der Waals surface area (Å²) in [5.74, 6) is 0.826. The Bertz CT molecular complexity index is 883. The lowest BCUT2D eigenvalue weighted by Crippen LogP contribution is -2.38. The van der Waals surface area contributed by atoms with E-state index in [9.17, 15) is 9.18 Å². The molecule has 1 aromatic carbocycles. The van der Waals surface area contributed by atoms with E-state index in [1.165, 1.54) is 19.2 Å². The third-order valence-corrected chi connectivity index (χ3v) is 5.49. The average Bonchev–Trinajstić information content (AvgIpc) is 2.90. The summed E-state index contributed by atoms with van der Waals surface area (Å²) in [6.45, 7) is 10.6. The van der Waals surface area contributed by atoms with Crippen molar-refractivity contribution in [1.29, 1.82) is 0 Å². The number of nitrogens with one attached hydrogen (secondary N) is 1. The van der Waals surface area contributed by atoms with E-state index in [0.717, 1.165) is 44.8 Å². The van der Waals surface area contributed by atoms with Gasteiger partial charge in [-0.2, -0.15) is 0 Å². The average molecular weight is 391 g/mol. The summed E-state index contributed by atoms with van der Waals surface area (Å²) in [5, 5.41) is 3.86. The van der Waals surface area contributed by atoms with Crippen LogP contribution in [-0.2, 0) is 6.54 Å². The molecule has 1 saturated heterocycles. The van der Waals surface area contributed by atoms with Crippen molar-refractivity contribution in [2.45, 2.75) is 46.2 Å². The highest BCUT2D eigenvalue weighted by molar-refractivity contribution is 5.79. The van der Waals surface area contributed by atoms with Crippen LogP contribution in [0.4, 0.5) is 4.39 Å². The Labute approximate surface area is 165 Å². The summed E-state index contributed by atoms with van der Waals surface area (Å²) in [4.78, 5) is 20.4. The number of hydrogen-bond acceptors (Lipinski definition) is 5. The molecular formula is C21H31FN4O2. The molecule has 2 atom stereocenters. The molecule has 2 heterocycles. The van der Waals surface area contributed by atoms with Gasteiger partial charge in [-0.15, -0.1) is 0 Å². The highest BCUT2D eigenvalue weighted by atomic mass is 19.1. The van der Waals surface area contributed by atoms with Gasteiger partial charge in [0.1, 0.15) is 5.82 Å². The largest absolute Gasteiger partial charge is 0.494 e. The molecule has 1 N–H and O–H groups in total. The molecule has 1 aliphatic rings. The predicted octanol–water partition coefficient (Wildman–Crippen LogP) is 2.95. The first-order chi connectivity index (χ1) is 13.5. The Morgan fingerprint density at radius 3 is 2.86 bits per heavy atom. The maximum Gasteiger partial charge on any atom is 0.261 e. The van der Waals surface area contributed by atoms with E-state index >= 15 is 0 Å². The fourth-order valence-corrected chi connectivity index (χ4v) is 4.12. The van der Waals surface area contributed by atoms with Crippen molar-refractivity contribution in [3.05, 3.63) is 34.1 Å². The van der Waals surface area contributed by atoms with E-state index in [4.69, 9.17) is 9.72 Å². The van der Waals surface area contributed by atoms with Crippen molar-refractivity contribution in [1.82, 2.24) is 19.8 Å². The number of methoxy groups -OCH3 is 1. The van der Waals surface area contributed by atoms with E-state index in [1.54, 1.807) is 4.57 Å². The van der Waals surface area contributed by atoms with E-state index < -0.39 is 5.82 Å². The maximum absolute atomic E-state index is 14.3. The number of aromatic nitrogens is 2. The predicted molar refractivity (Wildman–Crippen MR) is 109 cm³/mol. The van der Waals surface area contributed by atoms with Gasteiger partial charge in [0, 0.05) is 32.2 Å². The zero-order valence-corrected chi connectivity index (χ0v) is 17.3. The summed E-state index contributed by atoms with van der Waals surface area (Å²) in [7, 11) is 1.40. The molecule has 28 heavy (non-hydrogen) atoms. The van der Waals surface area contributed by atoms with Crippen molar-refractivity contribution in [3.63, 3.8) is 0 Å². The van der Waals surface area contributed by atoms with E-state index in [1.807, 2.05) is 6.92 Å². The zero-order chi connectivity index (χ0) is 20.3. The van der Waals surface area contributed by atoms with Gasteiger partial charge in [0.05, 0.1) is 24.1 Å². The number of nitrogens with zero attached hydrogens (tertiary/aromatic N) is 3. The van der Waals surface area contributed by atoms with Crippen LogP contribution in [0.3, 0.4) is 0 Å². The molecule has 0 spiro atoms. The minimum atomic E-state index is -0.498. The Kier molecular flexibility index (Phi) is 6.67. The molecule has 1 unspecified atom stereocenters. The Morgan fingerprint density at radius 2 is 2.18 bits per heavy atom. The second-order valence-electron chi connectivity index (χ2n) is 7.63. The van der Waals surface area contributed by atoms with Crippen LogP contribution >= 0.6 is 0 Å². The van der Waals surface area contributed by atoms with Crippen LogP contribution < -0.4 is 15.6 Å². The Morgan fingerprint density at radius 1 is 1.39 bits per heavy atom. The van der Waals surface area contributed by atoms with Gasteiger partial charge in [0.25, 0.3) is 5.56 Å². The van der Waals surface area contributed by atoms with Gasteiger partial charge in [-0.25, -0.2) is 9.37 Å². The van der Waals surface area contributed by atoms with Gasteiger partial charge in [-0.05, 0) is 31.9 Å². The van der Waals surface area contributed by atoms with Crippen molar-refractivity contribution < 1.29 is 9.13 Å². The number of rotatable bonds is 6. The third-order valence-electron chi connectivity index (χ3n) is 5.49. The molecule has 0 radical (unpaired) electrons. The summed E-state index contributed by atoms with van der Waals surface area (Å²) in [6, 6.07) is 2.81. The SMILES string of the molecule is CCCC(c1nc2cc(F)c(OC)cc2c(=O)n1CC)N1CCNC[C@H](C)C1. The highest BCUT2D eigenvalue weighted by Gasteiger charge is 2.27. The normalized spacial score (nSPS) is 19.5. The number of ether oxygens (including phenoxy) is 1. The second kappa shape index (κ2) is 9.01. The van der Waals surface area contributed by atoms with Crippen LogP contribution in [0.5, 0.6) is 5.75 Å². The molecule has 0 saturated carbocycles. The molecule has 1 aliphatic heterocycles. The van der Waals surface area contributed by atoms with Crippen LogP contribution in [0.25, 0.3) is 10.9 Å². The van der Waals surface area contributed by atoms with Gasteiger partial charge in [0.15, 0.2) is 11.6 Å². The first kappa shape index (κ1) is 20.7. The lowest BCUT2D eigenvalue weighted by molar-refractivity contribution is 0.169. The second-order valence-corrected chi connectivity index (χ2v) is 7.63. The lowest BCUT2D eigenvalue weighted by Gasteiger charge is -2.32. The third kappa shape index (κ3) is 4.05. The molecule has 3 rings (SSSR count). The summed E-state index contributed by atoms with van der Waals surface area (Å²) in [5.41, 5.74) is 0.257. The molecule has 0 bridgehead atoms. The standard InChI is InChI=1S/C21H31FN4O2/c1-5-7-18(25-9-8-23-12-14(3)13-25)20-24-17-11-16(22)19(28-4)10-15(17)21(27)26(20)6-2/h10-11,14,18,23H,5-9,12-13H2,1-4H3/t14-,18?/m0/s1. The van der Waals surface area contributed by atoms with Gasteiger partial charge in [-0.1, -0.05) is 20.3 Å². The number of fused-ring (bicyclic) bond motifs is 1. The quantitative estimate of drug-likeness (QED) is 0.822. The van der Waals surface area contributed by atoms with Gasteiger partial charge in [-0.3, -0.25) is 14.3 Å². The van der Waals surface area contributed by atoms with Crippen molar-refractivity contribution in [3.8, 4) is 5.75 Å². The first-order valence-corrected chi connectivity index (χ1v) is 10.2. The van der Waals surface area contributed by atoms with Crippen LogP contribution in [0.1, 0.15) is 45.5 Å². The van der Waals surface area contributed by atoms with E-state index in [0.29, 0.717) is 23.4 Å². The smallest absolute Gasteiger partial charge is 0.261 e. The molecule has 154 valence electrons. The summed E-state index contributed by atoms with van der Waals surface area (Å²) < 4.78 is 21.1. The highest BCUT2D eigenvalue weighted by Crippen LogP contribution is 2.28. The molecule has 1 fully saturated rings. The van der Waals surface area contributed by atoms with Crippen LogP contribution in [-0.4, -0.2) is 47.7 Å². The van der Waals surface area contributed by atoms with E-state index in [2.05, 4.69) is 24.1 Å². The first-order valence-electron chi connectivity index (χ1n) is 10.2. The molecule has 0 amide bonds. The summed E-state index contributed by atoms with van der Waals surface area (Å²) >= 11 is 0. The van der Waals surface area contributed by atoms with Crippen LogP contribution in [0, 0.1) is 11.7 Å². The fourth-order valence-electron chi connectivity index (χ4n) is 4.12. The molecule has 6 nitrogen and oxygen atoms in total. The van der Waals surface area contributed by atoms with Gasteiger partial charge in [0.2, 0.25) is 0 Å². The molecule has 7 heteroatoms. The molecule has 2 aromatic rings. The summed E-state index contributed by atoms with van der Waals surface area (Å²) in [6.07, 6.45) is 1.89. The number of hydrogen-bond donors (Lipinski definition) is 1. The molecule has 0 aliphatic carbocycles. The number of benzene rings is 1. The van der Waals surface area contributed by atoms with Crippen molar-refractivity contribution >= 4 is 10.9 Å². The lowest BCUT2D eigenvalue weighted by atomic mass is 10.1. The Balaban J connectivity index is 2.16. The topological polar surface area (TPSA) is 59.4 Å². The minimum Gasteiger partial charge on any atom is -0.494 e. The fraction of sp³-hybridized carbons (Fsp3) is 0.619. The van der Waals surface area contributed by atoms with Gasteiger partial charge >= 0.3 is 0 Å². The minimum absolute atomic E-state index is 0.0366. The van der Waals surface area contributed by atoms with Crippen LogP contribution in [0.15, 0.2) is 16.9 Å². The monoisotopic (exact) mass is 390 g/mol. The zero-order valence-electron chi connectivity index (χ0n) is 17.3.